The highest BCUT2D eigenvalue weighted by molar-refractivity contribution is 8.00. The Kier molecular flexibility index (Phi) is 20.6. The zero-order valence-electron chi connectivity index (χ0n) is 17.0. The standard InChI is InChI=1S/C22H45S2/c1-4-6-8-10-12-14-16-18-20-24-22(21(3)23)19-17-15-13-11-9-7-5-2/h21-22H,4-20H2,1-3H3. The molecular weight excluding hydrogens is 328 g/mol. The van der Waals surface area contributed by atoms with Gasteiger partial charge in [-0.2, -0.15) is 11.8 Å². The molecule has 145 valence electrons. The van der Waals surface area contributed by atoms with E-state index in [-0.39, 0.29) is 0 Å². The first-order valence-electron chi connectivity index (χ1n) is 11.0. The predicted molar refractivity (Wildman–Crippen MR) is 119 cm³/mol. The first-order chi connectivity index (χ1) is 11.7. The maximum Gasteiger partial charge on any atom is 0.0242 e. The van der Waals surface area contributed by atoms with Gasteiger partial charge in [0.1, 0.15) is 0 Å². The predicted octanol–water partition coefficient (Wildman–Crippen LogP) is 8.96. The molecule has 0 aliphatic heterocycles. The van der Waals surface area contributed by atoms with E-state index in [2.05, 4.69) is 32.5 Å². The van der Waals surface area contributed by atoms with E-state index in [1.54, 1.807) is 0 Å². The second-order valence-corrected chi connectivity index (χ2v) is 9.59. The van der Waals surface area contributed by atoms with Crippen molar-refractivity contribution < 1.29 is 0 Å². The Morgan fingerprint density at radius 2 is 1.04 bits per heavy atom. The maximum atomic E-state index is 5.57. The average Bonchev–Trinajstić information content (AvgIpc) is 2.57. The summed E-state index contributed by atoms with van der Waals surface area (Å²) >= 11 is 7.74. The van der Waals surface area contributed by atoms with Crippen molar-refractivity contribution in [1.29, 1.82) is 0 Å². The van der Waals surface area contributed by atoms with E-state index in [9.17, 15) is 0 Å². The molecule has 2 atom stereocenters. The second kappa shape index (κ2) is 20.0. The lowest BCUT2D eigenvalue weighted by atomic mass is 10.1. The Morgan fingerprint density at radius 1 is 0.625 bits per heavy atom. The molecule has 0 aromatic heterocycles. The molecule has 0 heterocycles. The molecule has 0 nitrogen and oxygen atoms in total. The summed E-state index contributed by atoms with van der Waals surface area (Å²) in [7, 11) is 0. The molecule has 2 heteroatoms. The lowest BCUT2D eigenvalue weighted by molar-refractivity contribution is 0.568. The summed E-state index contributed by atoms with van der Waals surface area (Å²) in [6.07, 6.45) is 22.6. The van der Waals surface area contributed by atoms with Crippen molar-refractivity contribution in [2.24, 2.45) is 0 Å². The summed E-state index contributed by atoms with van der Waals surface area (Å²) in [5, 5.41) is 1.16. The number of thioether (sulfide) groups is 1. The number of unbranched alkanes of at least 4 members (excludes halogenated alkanes) is 13. The molecule has 0 aromatic rings. The van der Waals surface area contributed by atoms with E-state index in [0.29, 0.717) is 5.25 Å². The topological polar surface area (TPSA) is 0 Å². The summed E-state index contributed by atoms with van der Waals surface area (Å²) in [6.45, 7) is 6.82. The van der Waals surface area contributed by atoms with E-state index in [1.807, 2.05) is 0 Å². The second-order valence-electron chi connectivity index (χ2n) is 7.50. The minimum Gasteiger partial charge on any atom is -0.157 e. The Hall–Kier alpha value is 0.700. The average molecular weight is 374 g/mol. The zero-order chi connectivity index (χ0) is 17.9. The quantitative estimate of drug-likeness (QED) is 0.204. The normalized spacial score (nSPS) is 14.0. The third-order valence-electron chi connectivity index (χ3n) is 4.95. The van der Waals surface area contributed by atoms with Crippen LogP contribution in [0.5, 0.6) is 0 Å². The highest BCUT2D eigenvalue weighted by Crippen LogP contribution is 2.26. The maximum absolute atomic E-state index is 5.57. The van der Waals surface area contributed by atoms with Crippen LogP contribution in [0.2, 0.25) is 0 Å². The highest BCUT2D eigenvalue weighted by Gasteiger charge is 2.14. The summed E-state index contributed by atoms with van der Waals surface area (Å²) < 4.78 is 0. The smallest absolute Gasteiger partial charge is 0.0242 e. The van der Waals surface area contributed by atoms with Gasteiger partial charge < -0.3 is 0 Å². The van der Waals surface area contributed by atoms with Crippen molar-refractivity contribution in [3.63, 3.8) is 0 Å². The molecular formula is C22H45S2. The Bertz CT molecular complexity index is 228. The SMILES string of the molecule is CCCCCCCCCCSC(CCCCCCCCC)C(C)[S]. The van der Waals surface area contributed by atoms with Crippen molar-refractivity contribution >= 4 is 24.4 Å². The highest BCUT2D eigenvalue weighted by atomic mass is 32.2. The van der Waals surface area contributed by atoms with Crippen LogP contribution in [0.3, 0.4) is 0 Å². The molecule has 24 heavy (non-hydrogen) atoms. The monoisotopic (exact) mass is 373 g/mol. The van der Waals surface area contributed by atoms with Crippen LogP contribution in [0.1, 0.15) is 124 Å². The van der Waals surface area contributed by atoms with E-state index in [0.717, 1.165) is 5.25 Å². The largest absolute Gasteiger partial charge is 0.157 e. The molecule has 0 aromatic carbocycles. The molecule has 0 saturated heterocycles. The fourth-order valence-electron chi connectivity index (χ4n) is 3.23. The summed E-state index contributed by atoms with van der Waals surface area (Å²) in [5.74, 6) is 1.33. The van der Waals surface area contributed by atoms with Crippen LogP contribution in [0.4, 0.5) is 0 Å². The number of hydrogen-bond acceptors (Lipinski definition) is 1. The first kappa shape index (κ1) is 24.7. The van der Waals surface area contributed by atoms with Gasteiger partial charge in [-0.3, -0.25) is 0 Å². The lowest BCUT2D eigenvalue weighted by Crippen LogP contribution is -2.15. The molecule has 2 unspecified atom stereocenters. The molecule has 0 fully saturated rings. The van der Waals surface area contributed by atoms with Gasteiger partial charge in [0.25, 0.3) is 0 Å². The molecule has 0 bridgehead atoms. The van der Waals surface area contributed by atoms with Crippen LogP contribution in [0.15, 0.2) is 0 Å². The summed E-state index contributed by atoms with van der Waals surface area (Å²) in [5.41, 5.74) is 0. The molecule has 0 N–H and O–H groups in total. The van der Waals surface area contributed by atoms with Crippen LogP contribution in [0, 0.1) is 0 Å². The molecule has 1 radical (unpaired) electrons. The minimum atomic E-state index is 0.434. The van der Waals surface area contributed by atoms with Crippen molar-refractivity contribution in [3.8, 4) is 0 Å². The fraction of sp³-hybridized carbons (Fsp3) is 1.00. The molecule has 0 amide bonds. The zero-order valence-corrected chi connectivity index (χ0v) is 18.6. The van der Waals surface area contributed by atoms with Gasteiger partial charge in [-0.1, -0.05) is 123 Å². The van der Waals surface area contributed by atoms with Crippen molar-refractivity contribution in [3.05, 3.63) is 0 Å². The van der Waals surface area contributed by atoms with E-state index in [1.165, 1.54) is 108 Å². The molecule has 0 spiro atoms. The van der Waals surface area contributed by atoms with Crippen LogP contribution in [0.25, 0.3) is 0 Å². The fourth-order valence-corrected chi connectivity index (χ4v) is 4.88. The summed E-state index contributed by atoms with van der Waals surface area (Å²) in [6, 6.07) is 0. The molecule has 0 saturated carbocycles. The molecule has 0 aliphatic carbocycles. The van der Waals surface area contributed by atoms with E-state index < -0.39 is 0 Å². The Labute approximate surface area is 164 Å². The minimum absolute atomic E-state index is 0.434. The van der Waals surface area contributed by atoms with Crippen LogP contribution < -0.4 is 0 Å². The van der Waals surface area contributed by atoms with Gasteiger partial charge in [-0.25, -0.2) is 0 Å². The van der Waals surface area contributed by atoms with Gasteiger partial charge in [-0.05, 0) is 18.6 Å². The summed E-state index contributed by atoms with van der Waals surface area (Å²) in [4.78, 5) is 0. The van der Waals surface area contributed by atoms with Gasteiger partial charge in [0.15, 0.2) is 0 Å². The van der Waals surface area contributed by atoms with Crippen molar-refractivity contribution in [2.75, 3.05) is 5.75 Å². The van der Waals surface area contributed by atoms with Gasteiger partial charge in [-0.15, -0.1) is 0 Å². The van der Waals surface area contributed by atoms with Crippen LogP contribution in [-0.4, -0.2) is 16.3 Å². The van der Waals surface area contributed by atoms with Gasteiger partial charge in [0.2, 0.25) is 0 Å². The molecule has 0 aliphatic rings. The third-order valence-corrected chi connectivity index (χ3v) is 7.04. The van der Waals surface area contributed by atoms with Crippen molar-refractivity contribution in [2.45, 2.75) is 134 Å². The Balaban J connectivity index is 3.46. The lowest BCUT2D eigenvalue weighted by Gasteiger charge is -2.19. The van der Waals surface area contributed by atoms with Crippen LogP contribution >= 0.6 is 24.4 Å². The van der Waals surface area contributed by atoms with Gasteiger partial charge >= 0.3 is 0 Å². The van der Waals surface area contributed by atoms with Gasteiger partial charge in [0.05, 0.1) is 0 Å². The molecule has 0 rings (SSSR count). The van der Waals surface area contributed by atoms with E-state index in [4.69, 9.17) is 12.6 Å². The Morgan fingerprint density at radius 3 is 1.50 bits per heavy atom. The third kappa shape index (κ3) is 17.5. The first-order valence-corrected chi connectivity index (χ1v) is 12.5. The number of hydrogen-bond donors (Lipinski definition) is 0. The van der Waals surface area contributed by atoms with E-state index >= 15 is 0 Å². The van der Waals surface area contributed by atoms with Gasteiger partial charge in [0, 0.05) is 10.5 Å². The number of rotatable bonds is 19. The van der Waals surface area contributed by atoms with Crippen molar-refractivity contribution in [1.82, 2.24) is 0 Å². The van der Waals surface area contributed by atoms with Crippen LogP contribution in [-0.2, 0) is 0 Å².